The van der Waals surface area contributed by atoms with Crippen LogP contribution in [0.25, 0.3) is 0 Å². The van der Waals surface area contributed by atoms with E-state index in [2.05, 4.69) is 67.2 Å². The molecule has 0 amide bonds. The summed E-state index contributed by atoms with van der Waals surface area (Å²) in [4.78, 5) is 5.02. The Balaban J connectivity index is 1.79. The third-order valence-electron chi connectivity index (χ3n) is 4.44. The molecule has 3 heteroatoms. The Morgan fingerprint density at radius 3 is 2.43 bits per heavy atom. The lowest BCUT2D eigenvalue weighted by Gasteiger charge is -2.37. The van der Waals surface area contributed by atoms with Crippen molar-refractivity contribution in [3.8, 4) is 0 Å². The van der Waals surface area contributed by atoms with E-state index in [0.29, 0.717) is 12.1 Å². The molecule has 0 saturated carbocycles. The first-order valence-corrected chi connectivity index (χ1v) is 8.28. The van der Waals surface area contributed by atoms with Crippen LogP contribution in [-0.4, -0.2) is 55.1 Å². The minimum Gasteiger partial charge on any atom is -0.314 e. The van der Waals surface area contributed by atoms with Gasteiger partial charge in [-0.15, -0.1) is 0 Å². The number of hydrogen-bond acceptors (Lipinski definition) is 3. The maximum atomic E-state index is 3.47. The van der Waals surface area contributed by atoms with E-state index in [1.165, 1.54) is 30.8 Å². The molecule has 1 aliphatic heterocycles. The summed E-state index contributed by atoms with van der Waals surface area (Å²) in [5.41, 5.74) is 2.87. The molecule has 0 bridgehead atoms. The topological polar surface area (TPSA) is 18.5 Å². The van der Waals surface area contributed by atoms with Crippen molar-refractivity contribution in [3.05, 3.63) is 35.4 Å². The molecule has 3 nitrogen and oxygen atoms in total. The maximum Gasteiger partial charge on any atom is 0.0234 e. The van der Waals surface area contributed by atoms with Crippen LogP contribution in [0.3, 0.4) is 0 Å². The lowest BCUT2D eigenvalue weighted by molar-refractivity contribution is 0.1000. The van der Waals surface area contributed by atoms with E-state index in [9.17, 15) is 0 Å². The van der Waals surface area contributed by atoms with Crippen LogP contribution >= 0.6 is 0 Å². The average Bonchev–Trinajstić information content (AvgIpc) is 2.44. The van der Waals surface area contributed by atoms with Gasteiger partial charge in [0, 0.05) is 38.3 Å². The molecule has 1 N–H and O–H groups in total. The summed E-state index contributed by atoms with van der Waals surface area (Å²) in [6.07, 6.45) is 1.12. The number of likely N-dealkylation sites (N-methyl/N-ethyl adjacent to an activating group) is 1. The van der Waals surface area contributed by atoms with E-state index >= 15 is 0 Å². The molecule has 1 atom stereocenters. The Labute approximate surface area is 130 Å². The summed E-state index contributed by atoms with van der Waals surface area (Å²) in [6.45, 7) is 12.4. The maximum absolute atomic E-state index is 3.47. The number of hydrogen-bond donors (Lipinski definition) is 1. The number of benzene rings is 1. The van der Waals surface area contributed by atoms with Crippen molar-refractivity contribution in [3.63, 3.8) is 0 Å². The molecule has 1 heterocycles. The van der Waals surface area contributed by atoms with Crippen molar-refractivity contribution in [2.75, 3.05) is 33.2 Å². The summed E-state index contributed by atoms with van der Waals surface area (Å²) >= 11 is 0. The summed E-state index contributed by atoms with van der Waals surface area (Å²) in [5.74, 6) is 0. The van der Waals surface area contributed by atoms with Crippen LogP contribution in [0.15, 0.2) is 24.3 Å². The Morgan fingerprint density at radius 2 is 1.81 bits per heavy atom. The zero-order valence-electron chi connectivity index (χ0n) is 14.1. The van der Waals surface area contributed by atoms with Crippen LogP contribution in [0.4, 0.5) is 0 Å². The van der Waals surface area contributed by atoms with Crippen LogP contribution in [0.1, 0.15) is 31.9 Å². The van der Waals surface area contributed by atoms with Crippen LogP contribution in [-0.2, 0) is 13.0 Å². The van der Waals surface area contributed by atoms with Gasteiger partial charge in [0.15, 0.2) is 0 Å². The van der Waals surface area contributed by atoms with Gasteiger partial charge in [0.05, 0.1) is 0 Å². The summed E-state index contributed by atoms with van der Waals surface area (Å²) < 4.78 is 0. The second kappa shape index (κ2) is 7.92. The number of nitrogens with zero attached hydrogens (tertiary/aromatic N) is 2. The Hall–Kier alpha value is -0.900. The normalized spacial score (nSPS) is 21.1. The van der Waals surface area contributed by atoms with Crippen LogP contribution in [0.5, 0.6) is 0 Å². The van der Waals surface area contributed by atoms with Gasteiger partial charge in [-0.3, -0.25) is 4.90 Å². The van der Waals surface area contributed by atoms with Crippen molar-refractivity contribution in [2.45, 2.75) is 45.8 Å². The Morgan fingerprint density at radius 1 is 1.14 bits per heavy atom. The SMILES string of the molecule is CC(C)NCCc1ccc(CN2CCN(C)C(C)C2)cc1. The highest BCUT2D eigenvalue weighted by Gasteiger charge is 2.20. The van der Waals surface area contributed by atoms with Crippen molar-refractivity contribution >= 4 is 0 Å². The molecule has 0 radical (unpaired) electrons. The number of nitrogens with one attached hydrogen (secondary N) is 1. The minimum atomic E-state index is 0.573. The van der Waals surface area contributed by atoms with Crippen LogP contribution in [0.2, 0.25) is 0 Å². The van der Waals surface area contributed by atoms with Crippen LogP contribution < -0.4 is 5.32 Å². The molecule has 1 fully saturated rings. The van der Waals surface area contributed by atoms with Gasteiger partial charge in [-0.25, -0.2) is 0 Å². The van der Waals surface area contributed by atoms with Crippen LogP contribution in [0, 0.1) is 0 Å². The van der Waals surface area contributed by atoms with Crippen molar-refractivity contribution in [1.82, 2.24) is 15.1 Å². The first kappa shape index (κ1) is 16.5. The van der Waals surface area contributed by atoms with Gasteiger partial charge in [0.2, 0.25) is 0 Å². The molecule has 1 saturated heterocycles. The Kier molecular flexibility index (Phi) is 6.22. The fraction of sp³-hybridized carbons (Fsp3) is 0.667. The van der Waals surface area contributed by atoms with Crippen molar-refractivity contribution < 1.29 is 0 Å². The van der Waals surface area contributed by atoms with E-state index < -0.39 is 0 Å². The quantitative estimate of drug-likeness (QED) is 0.867. The van der Waals surface area contributed by atoms with E-state index in [4.69, 9.17) is 0 Å². The molecule has 21 heavy (non-hydrogen) atoms. The fourth-order valence-corrected chi connectivity index (χ4v) is 2.84. The molecule has 1 aliphatic rings. The zero-order chi connectivity index (χ0) is 15.2. The predicted octanol–water partition coefficient (Wildman–Crippen LogP) is 2.36. The van der Waals surface area contributed by atoms with Gasteiger partial charge in [-0.05, 0) is 38.1 Å². The molecule has 1 aromatic carbocycles. The average molecular weight is 289 g/mol. The first-order valence-electron chi connectivity index (χ1n) is 8.28. The molecular weight excluding hydrogens is 258 g/mol. The summed E-state index contributed by atoms with van der Waals surface area (Å²) in [6, 6.07) is 10.4. The van der Waals surface area contributed by atoms with Crippen molar-refractivity contribution in [2.24, 2.45) is 0 Å². The minimum absolute atomic E-state index is 0.573. The van der Waals surface area contributed by atoms with Gasteiger partial charge in [-0.1, -0.05) is 38.1 Å². The lowest BCUT2D eigenvalue weighted by atomic mass is 10.1. The van der Waals surface area contributed by atoms with Gasteiger partial charge in [-0.2, -0.15) is 0 Å². The standard InChI is InChI=1S/C18H31N3/c1-15(2)19-10-9-17-5-7-18(8-6-17)14-21-12-11-20(4)16(3)13-21/h5-8,15-16,19H,9-14H2,1-4H3. The number of piperazine rings is 1. The van der Waals surface area contributed by atoms with Gasteiger partial charge in [0.25, 0.3) is 0 Å². The Bertz CT molecular complexity index is 413. The molecule has 0 aliphatic carbocycles. The van der Waals surface area contributed by atoms with E-state index in [0.717, 1.165) is 19.5 Å². The first-order chi connectivity index (χ1) is 10.0. The third kappa shape index (κ3) is 5.42. The molecule has 2 rings (SSSR count). The van der Waals surface area contributed by atoms with E-state index in [-0.39, 0.29) is 0 Å². The van der Waals surface area contributed by atoms with E-state index in [1.54, 1.807) is 0 Å². The zero-order valence-corrected chi connectivity index (χ0v) is 14.1. The number of rotatable bonds is 6. The molecule has 0 aromatic heterocycles. The molecular formula is C18H31N3. The van der Waals surface area contributed by atoms with Crippen molar-refractivity contribution in [1.29, 1.82) is 0 Å². The smallest absolute Gasteiger partial charge is 0.0234 e. The third-order valence-corrected chi connectivity index (χ3v) is 4.44. The van der Waals surface area contributed by atoms with E-state index in [1.807, 2.05) is 0 Å². The fourth-order valence-electron chi connectivity index (χ4n) is 2.84. The predicted molar refractivity (Wildman–Crippen MR) is 90.7 cm³/mol. The second-order valence-electron chi connectivity index (χ2n) is 6.74. The van der Waals surface area contributed by atoms with Gasteiger partial charge < -0.3 is 10.2 Å². The lowest BCUT2D eigenvalue weighted by Crippen LogP contribution is -2.49. The molecule has 1 unspecified atom stereocenters. The highest BCUT2D eigenvalue weighted by atomic mass is 15.3. The largest absolute Gasteiger partial charge is 0.314 e. The molecule has 0 spiro atoms. The molecule has 1 aromatic rings. The highest BCUT2D eigenvalue weighted by Crippen LogP contribution is 2.12. The summed E-state index contributed by atoms with van der Waals surface area (Å²) in [7, 11) is 2.22. The van der Waals surface area contributed by atoms with Gasteiger partial charge in [0.1, 0.15) is 0 Å². The van der Waals surface area contributed by atoms with Gasteiger partial charge >= 0.3 is 0 Å². The summed E-state index contributed by atoms with van der Waals surface area (Å²) in [5, 5.41) is 3.47. The monoisotopic (exact) mass is 289 g/mol. The molecule has 118 valence electrons. The highest BCUT2D eigenvalue weighted by molar-refractivity contribution is 5.22. The second-order valence-corrected chi connectivity index (χ2v) is 6.74.